The zero-order valence-electron chi connectivity index (χ0n) is 30.7. The minimum absolute atomic E-state index is 0. The molecular weight excluding hydrogens is 828 g/mol. The molecule has 9 rings (SSSR count). The molecule has 0 spiro atoms. The average Bonchev–Trinajstić information content (AvgIpc) is 3.15. The average molecular weight is 867 g/mol. The van der Waals surface area contributed by atoms with Crippen molar-refractivity contribution in [1.82, 2.24) is 9.97 Å². The summed E-state index contributed by atoms with van der Waals surface area (Å²) >= 11 is 0. The maximum absolute atomic E-state index is 6.53. The van der Waals surface area contributed by atoms with E-state index in [-0.39, 0.29) is 32.2 Å². The van der Waals surface area contributed by atoms with E-state index < -0.39 is 0 Å². The fraction of sp³-hybridized carbons (Fsp3) is 0.149. The summed E-state index contributed by atoms with van der Waals surface area (Å²) in [6.07, 6.45) is 3.90. The van der Waals surface area contributed by atoms with Crippen LogP contribution in [-0.4, -0.2) is 16.7 Å². The fourth-order valence-corrected chi connectivity index (χ4v) is 7.26. The number of para-hydroxylation sites is 1. The fourth-order valence-electron chi connectivity index (χ4n) is 7.26. The van der Waals surface area contributed by atoms with Gasteiger partial charge in [-0.1, -0.05) is 100.0 Å². The normalized spacial score (nSPS) is 12.1. The predicted molar refractivity (Wildman–Crippen MR) is 213 cm³/mol. The summed E-state index contributed by atoms with van der Waals surface area (Å²) in [5.41, 5.74) is 14.5. The van der Waals surface area contributed by atoms with Gasteiger partial charge in [0.2, 0.25) is 6.71 Å². The summed E-state index contributed by atoms with van der Waals surface area (Å²) in [7, 11) is 0. The third-order valence-electron chi connectivity index (χ3n) is 9.87. The molecule has 4 heterocycles. The van der Waals surface area contributed by atoms with E-state index in [9.17, 15) is 0 Å². The molecule has 2 aromatic heterocycles. The van der Waals surface area contributed by atoms with Crippen molar-refractivity contribution >= 4 is 23.1 Å². The molecule has 4 nitrogen and oxygen atoms in total. The van der Waals surface area contributed by atoms with Crippen molar-refractivity contribution in [1.29, 1.82) is 0 Å². The summed E-state index contributed by atoms with van der Waals surface area (Å²) in [4.78, 5) is 9.31. The number of aromatic nitrogens is 2. The first kappa shape index (κ1) is 36.1. The molecule has 0 bridgehead atoms. The molecule has 0 amide bonds. The van der Waals surface area contributed by atoms with E-state index >= 15 is 0 Å². The molecule has 0 saturated carbocycles. The summed E-state index contributed by atoms with van der Waals surface area (Å²) in [6.45, 7) is 13.0. The molecule has 0 saturated heterocycles. The monoisotopic (exact) mass is 867 g/mol. The van der Waals surface area contributed by atoms with E-state index in [2.05, 4.69) is 125 Å². The molecular formula is C47H39BIrN2O2-2. The van der Waals surface area contributed by atoms with E-state index in [4.69, 9.17) is 14.5 Å². The Hall–Kier alpha value is -5.29. The van der Waals surface area contributed by atoms with Crippen molar-refractivity contribution in [3.63, 3.8) is 0 Å². The van der Waals surface area contributed by atoms with Crippen LogP contribution in [0, 0.1) is 32.9 Å². The standard InChI is InChI=1S/C28H23BNO2.C19H16N.Ir/c1-17-16-30-22(15-19(17)28(2,3)4)18-9-7-11-21-27(18)32-25-14-8-13-24-26(25)29(21)20-10-5-6-12-23(20)31-24;1-14-8-10-17(11-9-14)19-12-18(15(2)13-20-19)16-6-4-3-5-7-16;/h5-8,10-16H,1-4H3;3-10,12-13H,1-2H3;/q2*-1;. The van der Waals surface area contributed by atoms with Gasteiger partial charge in [0, 0.05) is 43.7 Å². The van der Waals surface area contributed by atoms with Crippen molar-refractivity contribution in [2.24, 2.45) is 0 Å². The predicted octanol–water partition coefficient (Wildman–Crippen LogP) is 9.71. The van der Waals surface area contributed by atoms with Crippen molar-refractivity contribution in [3.05, 3.63) is 162 Å². The molecule has 6 heteroatoms. The maximum Gasteiger partial charge on any atom is 0.241 e. The summed E-state index contributed by atoms with van der Waals surface area (Å²) in [5, 5.41) is 0. The van der Waals surface area contributed by atoms with Gasteiger partial charge in [0.05, 0.1) is 0 Å². The maximum atomic E-state index is 6.53. The van der Waals surface area contributed by atoms with Gasteiger partial charge in [-0.25, -0.2) is 0 Å². The molecule has 5 aromatic carbocycles. The molecule has 53 heavy (non-hydrogen) atoms. The number of benzene rings is 5. The van der Waals surface area contributed by atoms with Crippen LogP contribution in [0.5, 0.6) is 23.0 Å². The Balaban J connectivity index is 0.000000179. The number of ether oxygens (including phenoxy) is 2. The number of nitrogens with zero attached hydrogens (tertiary/aromatic N) is 2. The van der Waals surface area contributed by atoms with Gasteiger partial charge in [-0.2, -0.15) is 0 Å². The Morgan fingerprint density at radius 2 is 1.34 bits per heavy atom. The second-order valence-electron chi connectivity index (χ2n) is 14.6. The second-order valence-corrected chi connectivity index (χ2v) is 14.6. The summed E-state index contributed by atoms with van der Waals surface area (Å²) in [5.74, 6) is 3.41. The first-order chi connectivity index (χ1) is 25.2. The third kappa shape index (κ3) is 6.98. The van der Waals surface area contributed by atoms with Crippen LogP contribution in [0.4, 0.5) is 0 Å². The van der Waals surface area contributed by atoms with Gasteiger partial charge in [-0.05, 0) is 82.1 Å². The molecule has 7 aromatic rings. The van der Waals surface area contributed by atoms with Crippen LogP contribution in [-0.2, 0) is 25.5 Å². The van der Waals surface area contributed by atoms with E-state index in [1.807, 2.05) is 60.9 Å². The molecule has 263 valence electrons. The molecule has 0 unspecified atom stereocenters. The number of pyridine rings is 2. The molecule has 0 fully saturated rings. The Labute approximate surface area is 326 Å². The van der Waals surface area contributed by atoms with Gasteiger partial charge in [-0.3, -0.25) is 0 Å². The zero-order valence-corrected chi connectivity index (χ0v) is 33.1. The van der Waals surface area contributed by atoms with Crippen LogP contribution in [0.25, 0.3) is 33.6 Å². The van der Waals surface area contributed by atoms with Crippen LogP contribution in [0.3, 0.4) is 0 Å². The molecule has 2 aliphatic heterocycles. The van der Waals surface area contributed by atoms with Gasteiger partial charge in [0.15, 0.2) is 0 Å². The van der Waals surface area contributed by atoms with Gasteiger partial charge in [-0.15, -0.1) is 59.1 Å². The van der Waals surface area contributed by atoms with Crippen LogP contribution >= 0.6 is 0 Å². The van der Waals surface area contributed by atoms with Crippen LogP contribution < -0.4 is 25.9 Å². The van der Waals surface area contributed by atoms with Crippen molar-refractivity contribution < 1.29 is 29.6 Å². The molecule has 1 radical (unpaired) electrons. The van der Waals surface area contributed by atoms with Crippen LogP contribution in [0.2, 0.25) is 0 Å². The summed E-state index contributed by atoms with van der Waals surface area (Å²) < 4.78 is 12.7. The minimum atomic E-state index is 0. The minimum Gasteiger partial charge on any atom is -0.503 e. The largest absolute Gasteiger partial charge is 0.503 e. The molecule has 2 aliphatic rings. The van der Waals surface area contributed by atoms with E-state index in [0.717, 1.165) is 61.9 Å². The number of fused-ring (bicyclic) bond motifs is 4. The zero-order chi connectivity index (χ0) is 36.0. The van der Waals surface area contributed by atoms with Crippen molar-refractivity contribution in [3.8, 4) is 56.6 Å². The van der Waals surface area contributed by atoms with Gasteiger partial charge in [0.25, 0.3) is 0 Å². The Bertz CT molecular complexity index is 2440. The molecule has 0 atom stereocenters. The Morgan fingerprint density at radius 1 is 0.642 bits per heavy atom. The van der Waals surface area contributed by atoms with Gasteiger partial charge < -0.3 is 19.4 Å². The number of hydrogen-bond donors (Lipinski definition) is 0. The SMILES string of the molecule is Cc1c[c-]c(-c2cc(-c3ccccc3)c(C)cn2)cc1.Cc1cnc(-c2[c-]ccc3c2Oc2cccc4c2B3c2ccccc2O4)cc1C(C)(C)C.[Ir]. The first-order valence-electron chi connectivity index (χ1n) is 17.8. The second kappa shape index (κ2) is 14.6. The van der Waals surface area contributed by atoms with Crippen molar-refractivity contribution in [2.45, 2.75) is 47.0 Å². The molecule has 0 aliphatic carbocycles. The van der Waals surface area contributed by atoms with Crippen LogP contribution in [0.15, 0.2) is 128 Å². The van der Waals surface area contributed by atoms with E-state index in [1.54, 1.807) is 0 Å². The Kier molecular flexibility index (Phi) is 9.96. The summed E-state index contributed by atoms with van der Waals surface area (Å²) in [6, 6.07) is 46.0. The topological polar surface area (TPSA) is 44.2 Å². The number of aryl methyl sites for hydroxylation is 3. The number of hydrogen-bond acceptors (Lipinski definition) is 4. The van der Waals surface area contributed by atoms with Gasteiger partial charge >= 0.3 is 0 Å². The van der Waals surface area contributed by atoms with Crippen molar-refractivity contribution in [2.75, 3.05) is 0 Å². The van der Waals surface area contributed by atoms with E-state index in [1.165, 1.54) is 33.4 Å². The molecule has 0 N–H and O–H groups in total. The quantitative estimate of drug-likeness (QED) is 0.131. The first-order valence-corrected chi connectivity index (χ1v) is 17.8. The van der Waals surface area contributed by atoms with E-state index in [0.29, 0.717) is 0 Å². The third-order valence-corrected chi connectivity index (χ3v) is 9.87. The Morgan fingerprint density at radius 3 is 2.09 bits per heavy atom. The van der Waals surface area contributed by atoms with Gasteiger partial charge in [0.1, 0.15) is 17.2 Å². The smallest absolute Gasteiger partial charge is 0.241 e. The van der Waals surface area contributed by atoms with Crippen LogP contribution in [0.1, 0.15) is 43.0 Å². The number of rotatable bonds is 3.